The van der Waals surface area contributed by atoms with Crippen molar-refractivity contribution in [3.05, 3.63) is 30.1 Å². The molecule has 0 saturated carbocycles. The van der Waals surface area contributed by atoms with Crippen molar-refractivity contribution in [2.24, 2.45) is 0 Å². The molecule has 0 aromatic heterocycles. The average molecular weight is 257 g/mol. The molecule has 3 unspecified atom stereocenters. The molecule has 0 bridgehead atoms. The maximum atomic E-state index is 12.8. The monoisotopic (exact) mass is 257 g/mol. The lowest BCUT2D eigenvalue weighted by atomic mass is 10.2. The Hall–Kier alpha value is -0.740. The first-order chi connectivity index (χ1) is 8.10. The Bertz CT molecular complexity index is 366. The lowest BCUT2D eigenvalue weighted by molar-refractivity contribution is 0.500. The van der Waals surface area contributed by atoms with Gasteiger partial charge >= 0.3 is 0 Å². The molecule has 0 aliphatic heterocycles. The zero-order chi connectivity index (χ0) is 12.8. The predicted molar refractivity (Wildman–Crippen MR) is 70.0 cm³/mol. The van der Waals surface area contributed by atoms with E-state index in [1.165, 1.54) is 12.1 Å². The summed E-state index contributed by atoms with van der Waals surface area (Å²) in [4.78, 5) is 0.690. The van der Waals surface area contributed by atoms with Gasteiger partial charge < -0.3 is 5.32 Å². The number of rotatable bonds is 6. The highest BCUT2D eigenvalue weighted by Gasteiger charge is 2.21. The van der Waals surface area contributed by atoms with E-state index in [9.17, 15) is 8.60 Å². The van der Waals surface area contributed by atoms with Gasteiger partial charge in [-0.15, -0.1) is 0 Å². The summed E-state index contributed by atoms with van der Waals surface area (Å²) in [5.74, 6) is -0.294. The highest BCUT2D eigenvalue weighted by Crippen LogP contribution is 2.16. The summed E-state index contributed by atoms with van der Waals surface area (Å²) in [5.41, 5.74) is 0. The smallest absolute Gasteiger partial charge is 0.123 e. The quantitative estimate of drug-likeness (QED) is 0.849. The maximum absolute atomic E-state index is 12.8. The molecule has 3 atom stereocenters. The fraction of sp³-hybridized carbons (Fsp3) is 0.538. The van der Waals surface area contributed by atoms with Crippen LogP contribution in [0.1, 0.15) is 27.2 Å². The van der Waals surface area contributed by atoms with E-state index in [0.29, 0.717) is 4.90 Å². The minimum Gasteiger partial charge on any atom is -0.313 e. The van der Waals surface area contributed by atoms with E-state index in [0.717, 1.165) is 13.0 Å². The molecule has 1 aromatic rings. The van der Waals surface area contributed by atoms with Crippen molar-refractivity contribution in [1.82, 2.24) is 5.32 Å². The van der Waals surface area contributed by atoms with Gasteiger partial charge in [0.15, 0.2) is 0 Å². The molecule has 0 amide bonds. The third kappa shape index (κ3) is 3.89. The second-order valence-corrected chi connectivity index (χ2v) is 5.84. The van der Waals surface area contributed by atoms with Gasteiger partial charge in [-0.1, -0.05) is 13.8 Å². The van der Waals surface area contributed by atoms with Gasteiger partial charge in [0.2, 0.25) is 0 Å². The van der Waals surface area contributed by atoms with Gasteiger partial charge in [-0.2, -0.15) is 0 Å². The minimum absolute atomic E-state index is 0.0189. The van der Waals surface area contributed by atoms with Crippen LogP contribution in [0.15, 0.2) is 29.2 Å². The first-order valence-electron chi connectivity index (χ1n) is 5.99. The molecular formula is C13H20FNOS. The summed E-state index contributed by atoms with van der Waals surface area (Å²) in [6.07, 6.45) is 0.932. The molecule has 96 valence electrons. The minimum atomic E-state index is -1.10. The Labute approximate surface area is 105 Å². The Kier molecular flexibility index (Phi) is 5.78. The second-order valence-electron chi connectivity index (χ2n) is 4.03. The van der Waals surface area contributed by atoms with Gasteiger partial charge in [0, 0.05) is 10.9 Å². The van der Waals surface area contributed by atoms with E-state index in [1.807, 2.05) is 13.8 Å². The van der Waals surface area contributed by atoms with Crippen LogP contribution in [-0.4, -0.2) is 22.0 Å². The molecule has 2 nitrogen and oxygen atoms in total. The molecule has 17 heavy (non-hydrogen) atoms. The molecule has 0 fully saturated rings. The van der Waals surface area contributed by atoms with Crippen LogP contribution in [0.5, 0.6) is 0 Å². The van der Waals surface area contributed by atoms with Crippen molar-refractivity contribution >= 4 is 10.8 Å². The Balaban J connectivity index is 2.77. The summed E-state index contributed by atoms with van der Waals surface area (Å²) in [6.45, 7) is 6.95. The van der Waals surface area contributed by atoms with Crippen LogP contribution in [-0.2, 0) is 10.8 Å². The van der Waals surface area contributed by atoms with Gasteiger partial charge in [-0.25, -0.2) is 4.39 Å². The number of hydrogen-bond acceptors (Lipinski definition) is 2. The molecule has 1 N–H and O–H groups in total. The normalized spacial score (nSPS) is 16.5. The molecule has 0 spiro atoms. The summed E-state index contributed by atoms with van der Waals surface area (Å²) < 4.78 is 25.1. The van der Waals surface area contributed by atoms with Crippen LogP contribution in [0.3, 0.4) is 0 Å². The molecular weight excluding hydrogens is 237 g/mol. The summed E-state index contributed by atoms with van der Waals surface area (Å²) in [5, 5.41) is 3.35. The van der Waals surface area contributed by atoms with Gasteiger partial charge in [-0.05, 0) is 44.2 Å². The average Bonchev–Trinajstić information content (AvgIpc) is 2.35. The first kappa shape index (κ1) is 14.3. The van der Waals surface area contributed by atoms with Crippen molar-refractivity contribution in [3.63, 3.8) is 0 Å². The highest BCUT2D eigenvalue weighted by atomic mass is 32.2. The van der Waals surface area contributed by atoms with Crippen LogP contribution in [0.4, 0.5) is 4.39 Å². The Morgan fingerprint density at radius 3 is 2.35 bits per heavy atom. The Morgan fingerprint density at radius 1 is 1.29 bits per heavy atom. The van der Waals surface area contributed by atoms with Crippen LogP contribution in [0, 0.1) is 5.82 Å². The van der Waals surface area contributed by atoms with Crippen LogP contribution in [0.2, 0.25) is 0 Å². The molecule has 0 aliphatic carbocycles. The van der Waals surface area contributed by atoms with Crippen LogP contribution >= 0.6 is 0 Å². The fourth-order valence-electron chi connectivity index (χ4n) is 1.84. The number of nitrogens with one attached hydrogen (secondary N) is 1. The predicted octanol–water partition coefficient (Wildman–Crippen LogP) is 2.71. The van der Waals surface area contributed by atoms with Gasteiger partial charge in [0.25, 0.3) is 0 Å². The molecule has 4 heteroatoms. The van der Waals surface area contributed by atoms with Crippen molar-refractivity contribution < 1.29 is 8.60 Å². The van der Waals surface area contributed by atoms with E-state index in [2.05, 4.69) is 12.2 Å². The summed E-state index contributed by atoms with van der Waals surface area (Å²) in [7, 11) is -1.10. The van der Waals surface area contributed by atoms with Crippen molar-refractivity contribution in [1.29, 1.82) is 0 Å². The number of halogens is 1. The second kappa shape index (κ2) is 6.87. The van der Waals surface area contributed by atoms with Gasteiger partial charge in [0.1, 0.15) is 5.82 Å². The molecule has 0 aliphatic rings. The SMILES string of the molecule is CCNC(CC)C(C)S(=O)c1ccc(F)cc1. The maximum Gasteiger partial charge on any atom is 0.123 e. The Morgan fingerprint density at radius 2 is 1.88 bits per heavy atom. The van der Waals surface area contributed by atoms with Crippen molar-refractivity contribution in [2.75, 3.05) is 6.54 Å². The number of benzene rings is 1. The van der Waals surface area contributed by atoms with Crippen LogP contribution < -0.4 is 5.32 Å². The van der Waals surface area contributed by atoms with E-state index in [-0.39, 0.29) is 17.1 Å². The topological polar surface area (TPSA) is 29.1 Å². The van der Waals surface area contributed by atoms with Crippen LogP contribution in [0.25, 0.3) is 0 Å². The zero-order valence-corrected chi connectivity index (χ0v) is 11.4. The van der Waals surface area contributed by atoms with Gasteiger partial charge in [0.05, 0.1) is 16.0 Å². The fourth-order valence-corrected chi connectivity index (χ4v) is 3.26. The lowest BCUT2D eigenvalue weighted by Crippen LogP contribution is -2.39. The van der Waals surface area contributed by atoms with Gasteiger partial charge in [-0.3, -0.25) is 4.21 Å². The zero-order valence-electron chi connectivity index (χ0n) is 10.6. The highest BCUT2D eigenvalue weighted by molar-refractivity contribution is 7.85. The number of hydrogen-bond donors (Lipinski definition) is 1. The standard InChI is InChI=1S/C13H20FNOS/c1-4-13(15-5-2)10(3)17(16)12-8-6-11(14)7-9-12/h6-10,13,15H,4-5H2,1-3H3. The third-order valence-electron chi connectivity index (χ3n) is 2.86. The molecule has 1 rings (SSSR count). The van der Waals surface area contributed by atoms with E-state index >= 15 is 0 Å². The molecule has 1 aromatic carbocycles. The van der Waals surface area contributed by atoms with E-state index in [1.54, 1.807) is 12.1 Å². The molecule has 0 radical (unpaired) electrons. The van der Waals surface area contributed by atoms with Crippen molar-refractivity contribution in [2.45, 2.75) is 43.4 Å². The lowest BCUT2D eigenvalue weighted by Gasteiger charge is -2.22. The molecule has 0 saturated heterocycles. The summed E-state index contributed by atoms with van der Waals surface area (Å²) >= 11 is 0. The third-order valence-corrected chi connectivity index (χ3v) is 4.60. The first-order valence-corrected chi connectivity index (χ1v) is 7.21. The largest absolute Gasteiger partial charge is 0.313 e. The van der Waals surface area contributed by atoms with E-state index in [4.69, 9.17) is 0 Å². The van der Waals surface area contributed by atoms with E-state index < -0.39 is 10.8 Å². The van der Waals surface area contributed by atoms with Crippen molar-refractivity contribution in [3.8, 4) is 0 Å². The summed E-state index contributed by atoms with van der Waals surface area (Å²) in [6, 6.07) is 6.13. The molecule has 0 heterocycles.